The van der Waals surface area contributed by atoms with Gasteiger partial charge in [0.05, 0.1) is 29.1 Å². The molecule has 0 aliphatic carbocycles. The predicted molar refractivity (Wildman–Crippen MR) is 42.3 cm³/mol. The number of hydrogen-bond acceptors (Lipinski definition) is 3. The Bertz CT molecular complexity index is 310. The SMILES string of the molecule is Nc1nc(=O)n(I)cc1F. The van der Waals surface area contributed by atoms with Gasteiger partial charge in [-0.3, -0.25) is 0 Å². The van der Waals surface area contributed by atoms with E-state index in [9.17, 15) is 9.18 Å². The highest BCUT2D eigenvalue weighted by atomic mass is 127. The van der Waals surface area contributed by atoms with Crippen LogP contribution in [-0.2, 0) is 0 Å². The normalized spacial score (nSPS) is 9.80. The lowest BCUT2D eigenvalue weighted by Gasteiger charge is -1.94. The summed E-state index contributed by atoms with van der Waals surface area (Å²) in [5.41, 5.74) is 4.42. The molecule has 0 aromatic carbocycles. The minimum absolute atomic E-state index is 0.363. The zero-order valence-electron chi connectivity index (χ0n) is 4.71. The Morgan fingerprint density at radius 2 is 2.40 bits per heavy atom. The Hall–Kier alpha value is -0.660. The molecule has 0 saturated heterocycles. The first kappa shape index (κ1) is 7.45. The van der Waals surface area contributed by atoms with Crippen LogP contribution in [0.2, 0.25) is 0 Å². The van der Waals surface area contributed by atoms with Crippen LogP contribution in [0.3, 0.4) is 0 Å². The lowest BCUT2D eigenvalue weighted by Crippen LogP contribution is -2.18. The van der Waals surface area contributed by atoms with E-state index < -0.39 is 11.5 Å². The van der Waals surface area contributed by atoms with Gasteiger partial charge in [-0.1, -0.05) is 0 Å². The largest absolute Gasteiger partial charge is 0.381 e. The molecule has 1 heterocycles. The van der Waals surface area contributed by atoms with E-state index in [4.69, 9.17) is 5.73 Å². The monoisotopic (exact) mass is 255 g/mol. The van der Waals surface area contributed by atoms with Crippen molar-refractivity contribution < 1.29 is 4.39 Å². The number of nitrogens with zero attached hydrogens (tertiary/aromatic N) is 2. The van der Waals surface area contributed by atoms with E-state index in [1.807, 2.05) is 0 Å². The number of nitrogen functional groups attached to an aromatic ring is 1. The first-order valence-corrected chi connectivity index (χ1v) is 3.28. The van der Waals surface area contributed by atoms with Crippen LogP contribution < -0.4 is 11.4 Å². The first-order valence-electron chi connectivity index (χ1n) is 2.32. The summed E-state index contributed by atoms with van der Waals surface area (Å²) in [5.74, 6) is -1.05. The number of nitrogens with two attached hydrogens (primary N) is 1. The van der Waals surface area contributed by atoms with E-state index in [-0.39, 0.29) is 5.82 Å². The topological polar surface area (TPSA) is 60.9 Å². The number of rotatable bonds is 0. The first-order chi connectivity index (χ1) is 4.61. The highest BCUT2D eigenvalue weighted by Gasteiger charge is 2.01. The minimum Gasteiger partial charge on any atom is -0.381 e. The molecule has 0 saturated carbocycles. The predicted octanol–water partition coefficient (Wildman–Crippen LogP) is 0.163. The molecule has 1 rings (SSSR count). The number of hydrogen-bond donors (Lipinski definition) is 1. The maximum atomic E-state index is 12.4. The van der Waals surface area contributed by atoms with Crippen molar-refractivity contribution in [3.05, 3.63) is 22.5 Å². The maximum absolute atomic E-state index is 12.4. The molecule has 2 N–H and O–H groups in total. The fraction of sp³-hybridized carbons (Fsp3) is 0. The Kier molecular flexibility index (Phi) is 1.88. The summed E-state index contributed by atoms with van der Waals surface area (Å²) in [6.07, 6.45) is 0.977. The maximum Gasteiger partial charge on any atom is 0.358 e. The van der Waals surface area contributed by atoms with Crippen LogP contribution >= 0.6 is 22.9 Å². The third-order valence-electron chi connectivity index (χ3n) is 0.870. The second-order valence-corrected chi connectivity index (χ2v) is 2.61. The fourth-order valence-electron chi connectivity index (χ4n) is 0.425. The quantitative estimate of drug-likeness (QED) is 0.672. The summed E-state index contributed by atoms with van der Waals surface area (Å²) in [4.78, 5) is 13.8. The van der Waals surface area contributed by atoms with Gasteiger partial charge in [-0.2, -0.15) is 4.98 Å². The molecule has 0 atom stereocenters. The Labute approximate surface area is 69.4 Å². The van der Waals surface area contributed by atoms with Gasteiger partial charge < -0.3 is 5.73 Å². The highest BCUT2D eigenvalue weighted by molar-refractivity contribution is 14.1. The molecular weight excluding hydrogens is 252 g/mol. The smallest absolute Gasteiger partial charge is 0.358 e. The molecule has 1 aromatic heterocycles. The van der Waals surface area contributed by atoms with Crippen molar-refractivity contribution in [2.24, 2.45) is 0 Å². The summed E-state index contributed by atoms with van der Waals surface area (Å²) in [6, 6.07) is 0. The van der Waals surface area contributed by atoms with Crippen LogP contribution in [0.15, 0.2) is 11.0 Å². The van der Waals surface area contributed by atoms with Crippen LogP contribution in [0.1, 0.15) is 0 Å². The minimum atomic E-state index is -0.686. The number of anilines is 1. The summed E-state index contributed by atoms with van der Waals surface area (Å²) in [7, 11) is 0. The number of halogens is 2. The second kappa shape index (κ2) is 2.52. The van der Waals surface area contributed by atoms with Crippen molar-refractivity contribution in [1.29, 1.82) is 0 Å². The molecule has 0 spiro atoms. The molecule has 0 aliphatic heterocycles. The highest BCUT2D eigenvalue weighted by Crippen LogP contribution is 2.01. The Balaban J connectivity index is 3.43. The van der Waals surface area contributed by atoms with Gasteiger partial charge in [-0.25, -0.2) is 12.0 Å². The molecule has 10 heavy (non-hydrogen) atoms. The van der Waals surface area contributed by atoms with Crippen molar-refractivity contribution in [2.45, 2.75) is 0 Å². The van der Waals surface area contributed by atoms with E-state index in [0.29, 0.717) is 0 Å². The van der Waals surface area contributed by atoms with E-state index in [0.717, 1.165) is 8.98 Å². The third kappa shape index (κ3) is 1.25. The van der Waals surface area contributed by atoms with Crippen LogP contribution in [-0.4, -0.2) is 7.76 Å². The van der Waals surface area contributed by atoms with Crippen LogP contribution in [0.5, 0.6) is 0 Å². The van der Waals surface area contributed by atoms with Gasteiger partial charge >= 0.3 is 5.69 Å². The summed E-state index contributed by atoms with van der Waals surface area (Å²) in [6.45, 7) is 0. The van der Waals surface area contributed by atoms with E-state index in [2.05, 4.69) is 4.98 Å². The van der Waals surface area contributed by atoms with Crippen LogP contribution in [0.25, 0.3) is 0 Å². The molecule has 0 bridgehead atoms. The van der Waals surface area contributed by atoms with Gasteiger partial charge in [0.25, 0.3) is 0 Å². The molecule has 0 unspecified atom stereocenters. The molecular formula is C4H3FIN3O. The van der Waals surface area contributed by atoms with Crippen molar-refractivity contribution in [2.75, 3.05) is 5.73 Å². The van der Waals surface area contributed by atoms with Crippen LogP contribution in [0, 0.1) is 5.82 Å². The van der Waals surface area contributed by atoms with E-state index in [1.54, 1.807) is 22.9 Å². The van der Waals surface area contributed by atoms with Gasteiger partial charge in [0.2, 0.25) is 0 Å². The van der Waals surface area contributed by atoms with Crippen LogP contribution in [0.4, 0.5) is 10.2 Å². The molecule has 1 aromatic rings. The summed E-state index contributed by atoms with van der Waals surface area (Å²) >= 11 is 1.61. The van der Waals surface area contributed by atoms with Gasteiger partial charge in [0.1, 0.15) is 0 Å². The zero-order valence-corrected chi connectivity index (χ0v) is 6.87. The Morgan fingerprint density at radius 3 is 2.90 bits per heavy atom. The lowest BCUT2D eigenvalue weighted by molar-refractivity contribution is 0.615. The van der Waals surface area contributed by atoms with Crippen molar-refractivity contribution >= 4 is 28.7 Å². The fourth-order valence-corrected chi connectivity index (χ4v) is 0.777. The molecule has 4 nitrogen and oxygen atoms in total. The lowest BCUT2D eigenvalue weighted by atomic mass is 10.6. The van der Waals surface area contributed by atoms with E-state index in [1.165, 1.54) is 0 Å². The molecule has 0 amide bonds. The molecule has 0 radical (unpaired) electrons. The van der Waals surface area contributed by atoms with Crippen molar-refractivity contribution in [3.8, 4) is 0 Å². The average Bonchev–Trinajstić information content (AvgIpc) is 1.84. The average molecular weight is 255 g/mol. The second-order valence-electron chi connectivity index (χ2n) is 1.57. The third-order valence-corrected chi connectivity index (χ3v) is 1.56. The van der Waals surface area contributed by atoms with Gasteiger partial charge in [0, 0.05) is 0 Å². The molecule has 6 heteroatoms. The van der Waals surface area contributed by atoms with Gasteiger partial charge in [-0.15, -0.1) is 0 Å². The zero-order chi connectivity index (χ0) is 7.72. The van der Waals surface area contributed by atoms with Gasteiger partial charge in [-0.05, 0) is 0 Å². The summed E-state index contributed by atoms with van der Waals surface area (Å²) in [5, 5.41) is 0. The standard InChI is InChI=1S/C4H3FIN3O/c5-2-1-9(6)4(10)8-3(2)7/h1H,(H2,7,8,10). The molecule has 0 aliphatic rings. The Morgan fingerprint density at radius 1 is 1.80 bits per heavy atom. The van der Waals surface area contributed by atoms with Crippen molar-refractivity contribution in [3.63, 3.8) is 0 Å². The van der Waals surface area contributed by atoms with Gasteiger partial charge in [0.15, 0.2) is 11.6 Å². The molecule has 0 fully saturated rings. The molecule has 54 valence electrons. The van der Waals surface area contributed by atoms with E-state index >= 15 is 0 Å². The summed E-state index contributed by atoms with van der Waals surface area (Å²) < 4.78 is 13.4. The van der Waals surface area contributed by atoms with Crippen molar-refractivity contribution in [1.82, 2.24) is 7.76 Å². The number of aromatic nitrogens is 2.